The van der Waals surface area contributed by atoms with Gasteiger partial charge in [-0.15, -0.1) is 0 Å². The largest absolute Gasteiger partial charge is 0.399 e. The summed E-state index contributed by atoms with van der Waals surface area (Å²) in [6.45, 7) is 7.40. The highest BCUT2D eigenvalue weighted by atomic mass is 15.2. The number of aromatic nitrogens is 4. The molecule has 0 radical (unpaired) electrons. The van der Waals surface area contributed by atoms with Crippen LogP contribution in [0.15, 0.2) is 60.9 Å². The summed E-state index contributed by atoms with van der Waals surface area (Å²) in [7, 11) is 0. The molecule has 0 unspecified atom stereocenters. The Morgan fingerprint density at radius 2 is 1.82 bits per heavy atom. The zero-order valence-corrected chi connectivity index (χ0v) is 19.3. The van der Waals surface area contributed by atoms with Crippen molar-refractivity contribution in [3.8, 4) is 11.4 Å². The zero-order chi connectivity index (χ0) is 22.8. The molecule has 1 saturated heterocycles. The maximum absolute atomic E-state index is 6.03. The monoisotopic (exact) mass is 441 g/mol. The number of likely N-dealkylation sites (tertiary alicyclic amines) is 1. The molecule has 1 aliphatic rings. The van der Waals surface area contributed by atoms with Gasteiger partial charge in [0.1, 0.15) is 5.52 Å². The summed E-state index contributed by atoms with van der Waals surface area (Å²) in [6, 6.07) is 19.0. The van der Waals surface area contributed by atoms with Crippen LogP contribution in [0, 0.1) is 0 Å². The Morgan fingerprint density at radius 3 is 2.55 bits per heavy atom. The smallest absolute Gasteiger partial charge is 0.166 e. The van der Waals surface area contributed by atoms with Crippen LogP contribution in [0.3, 0.4) is 0 Å². The standard InChI is InChI=1S/C26H31N7/c1-18(2)33-17-28-23-25(30-24(31-26(23)33)20-9-6-10-21(27)15-20)29-22-11-13-32(14-12-22)16-19-7-4-3-5-8-19/h3-10,15,17-18,22H,11-14,16,27H2,1-2H3,(H,29,30,31). The quantitative estimate of drug-likeness (QED) is 0.421. The van der Waals surface area contributed by atoms with Gasteiger partial charge in [0.15, 0.2) is 17.3 Å². The van der Waals surface area contributed by atoms with Gasteiger partial charge in [-0.1, -0.05) is 42.5 Å². The highest BCUT2D eigenvalue weighted by molar-refractivity contribution is 5.85. The Hall–Kier alpha value is -3.45. The summed E-state index contributed by atoms with van der Waals surface area (Å²) < 4.78 is 2.10. The first-order valence-electron chi connectivity index (χ1n) is 11.7. The third kappa shape index (κ3) is 4.68. The first kappa shape index (κ1) is 21.4. The summed E-state index contributed by atoms with van der Waals surface area (Å²) in [5.74, 6) is 1.47. The molecule has 1 aliphatic heterocycles. The van der Waals surface area contributed by atoms with Gasteiger partial charge in [0.25, 0.3) is 0 Å². The van der Waals surface area contributed by atoms with E-state index in [9.17, 15) is 0 Å². The number of nitrogens with one attached hydrogen (secondary N) is 1. The molecule has 2 aromatic heterocycles. The number of imidazole rings is 1. The van der Waals surface area contributed by atoms with Crippen molar-refractivity contribution in [2.75, 3.05) is 24.1 Å². The lowest BCUT2D eigenvalue weighted by Crippen LogP contribution is -2.38. The predicted molar refractivity (Wildman–Crippen MR) is 134 cm³/mol. The summed E-state index contributed by atoms with van der Waals surface area (Å²) in [4.78, 5) is 17.0. The van der Waals surface area contributed by atoms with Crippen LogP contribution in [0.5, 0.6) is 0 Å². The van der Waals surface area contributed by atoms with Crippen molar-refractivity contribution in [3.63, 3.8) is 0 Å². The number of hydrogen-bond donors (Lipinski definition) is 2. The molecule has 1 fully saturated rings. The van der Waals surface area contributed by atoms with E-state index < -0.39 is 0 Å². The lowest BCUT2D eigenvalue weighted by Gasteiger charge is -2.32. The Balaban J connectivity index is 1.38. The lowest BCUT2D eigenvalue weighted by molar-refractivity contribution is 0.211. The van der Waals surface area contributed by atoms with Gasteiger partial charge in [0.05, 0.1) is 6.33 Å². The molecule has 5 rings (SSSR count). The summed E-state index contributed by atoms with van der Waals surface area (Å²) in [6.07, 6.45) is 3.99. The molecular weight excluding hydrogens is 410 g/mol. The number of hydrogen-bond acceptors (Lipinski definition) is 6. The van der Waals surface area contributed by atoms with Crippen molar-refractivity contribution < 1.29 is 0 Å². The summed E-state index contributed by atoms with van der Waals surface area (Å²) in [5.41, 5.74) is 10.7. The van der Waals surface area contributed by atoms with Crippen molar-refractivity contribution in [2.45, 2.75) is 45.3 Å². The van der Waals surface area contributed by atoms with Gasteiger partial charge in [0.2, 0.25) is 0 Å². The van der Waals surface area contributed by atoms with Gasteiger partial charge in [-0.05, 0) is 44.4 Å². The maximum Gasteiger partial charge on any atom is 0.166 e. The first-order valence-corrected chi connectivity index (χ1v) is 11.7. The minimum absolute atomic E-state index is 0.257. The second-order valence-electron chi connectivity index (χ2n) is 9.12. The molecule has 0 amide bonds. The number of benzene rings is 2. The van der Waals surface area contributed by atoms with Crippen molar-refractivity contribution in [2.24, 2.45) is 0 Å². The van der Waals surface area contributed by atoms with Crippen LogP contribution < -0.4 is 11.1 Å². The highest BCUT2D eigenvalue weighted by Crippen LogP contribution is 2.28. The fraction of sp³-hybridized carbons (Fsp3) is 0.346. The Morgan fingerprint density at radius 1 is 1.03 bits per heavy atom. The van der Waals surface area contributed by atoms with Gasteiger partial charge >= 0.3 is 0 Å². The van der Waals surface area contributed by atoms with Gasteiger partial charge in [-0.2, -0.15) is 0 Å². The first-order chi connectivity index (χ1) is 16.1. The average molecular weight is 442 g/mol. The Kier molecular flexibility index (Phi) is 5.96. The Bertz CT molecular complexity index is 1220. The molecule has 0 aliphatic carbocycles. The van der Waals surface area contributed by atoms with E-state index in [2.05, 4.69) is 63.9 Å². The van der Waals surface area contributed by atoms with E-state index in [-0.39, 0.29) is 6.04 Å². The average Bonchev–Trinajstić information content (AvgIpc) is 3.26. The van der Waals surface area contributed by atoms with E-state index >= 15 is 0 Å². The van der Waals surface area contributed by atoms with E-state index in [1.165, 1.54) is 5.56 Å². The second-order valence-corrected chi connectivity index (χ2v) is 9.12. The van der Waals surface area contributed by atoms with Crippen LogP contribution in [0.1, 0.15) is 38.3 Å². The van der Waals surface area contributed by atoms with Gasteiger partial charge in [0, 0.05) is 43.0 Å². The number of nitrogen functional groups attached to an aromatic ring is 1. The molecule has 0 atom stereocenters. The normalized spacial score (nSPS) is 15.4. The van der Waals surface area contributed by atoms with Gasteiger partial charge in [-0.25, -0.2) is 15.0 Å². The number of fused-ring (bicyclic) bond motifs is 1. The molecule has 3 heterocycles. The van der Waals surface area contributed by atoms with Gasteiger partial charge in [-0.3, -0.25) is 4.90 Å². The van der Waals surface area contributed by atoms with Crippen LogP contribution >= 0.6 is 0 Å². The number of nitrogens with zero attached hydrogens (tertiary/aromatic N) is 5. The van der Waals surface area contributed by atoms with Gasteiger partial charge < -0.3 is 15.6 Å². The van der Waals surface area contributed by atoms with Crippen LogP contribution in [0.4, 0.5) is 11.5 Å². The van der Waals surface area contributed by atoms with Crippen molar-refractivity contribution in [1.82, 2.24) is 24.4 Å². The number of anilines is 2. The van der Waals surface area contributed by atoms with E-state index in [0.29, 0.717) is 17.6 Å². The van der Waals surface area contributed by atoms with Crippen LogP contribution in [-0.4, -0.2) is 43.6 Å². The highest BCUT2D eigenvalue weighted by Gasteiger charge is 2.22. The van der Waals surface area contributed by atoms with Crippen LogP contribution in [0.2, 0.25) is 0 Å². The number of nitrogens with two attached hydrogens (primary N) is 1. The molecule has 33 heavy (non-hydrogen) atoms. The third-order valence-corrected chi connectivity index (χ3v) is 6.30. The van der Waals surface area contributed by atoms with E-state index in [1.807, 2.05) is 30.6 Å². The van der Waals surface area contributed by atoms with Crippen molar-refractivity contribution >= 4 is 22.7 Å². The molecule has 170 valence electrons. The molecule has 0 saturated carbocycles. The summed E-state index contributed by atoms with van der Waals surface area (Å²) >= 11 is 0. The molecule has 0 bridgehead atoms. The molecule has 4 aromatic rings. The van der Waals surface area contributed by atoms with Crippen LogP contribution in [-0.2, 0) is 6.54 Å². The molecule has 0 spiro atoms. The number of rotatable bonds is 6. The van der Waals surface area contributed by atoms with Crippen molar-refractivity contribution in [1.29, 1.82) is 0 Å². The fourth-order valence-corrected chi connectivity index (χ4v) is 4.47. The molecular formula is C26H31N7. The van der Waals surface area contributed by atoms with Crippen molar-refractivity contribution in [3.05, 3.63) is 66.5 Å². The SMILES string of the molecule is CC(C)n1cnc2c(NC3CCN(Cc4ccccc4)CC3)nc(-c3cccc(N)c3)nc21. The molecule has 3 N–H and O–H groups in total. The minimum Gasteiger partial charge on any atom is -0.399 e. The van der Waals surface area contributed by atoms with E-state index in [1.54, 1.807) is 0 Å². The Labute approximate surface area is 194 Å². The second kappa shape index (κ2) is 9.19. The predicted octanol–water partition coefficient (Wildman–Crippen LogP) is 4.73. The fourth-order valence-electron chi connectivity index (χ4n) is 4.47. The topological polar surface area (TPSA) is 84.9 Å². The lowest BCUT2D eigenvalue weighted by atomic mass is 10.0. The van der Waals surface area contributed by atoms with E-state index in [0.717, 1.165) is 55.0 Å². The summed E-state index contributed by atoms with van der Waals surface area (Å²) in [5, 5.41) is 3.70. The molecule has 7 heteroatoms. The van der Waals surface area contributed by atoms with Crippen LogP contribution in [0.25, 0.3) is 22.6 Å². The molecule has 7 nitrogen and oxygen atoms in total. The maximum atomic E-state index is 6.03. The minimum atomic E-state index is 0.257. The van der Waals surface area contributed by atoms with E-state index in [4.69, 9.17) is 15.7 Å². The zero-order valence-electron chi connectivity index (χ0n) is 19.3. The molecule has 2 aromatic carbocycles. The third-order valence-electron chi connectivity index (χ3n) is 6.30. The number of piperidine rings is 1.